The highest BCUT2D eigenvalue weighted by Gasteiger charge is 2.16. The van der Waals surface area contributed by atoms with E-state index >= 15 is 0 Å². The molecule has 1 aromatic heterocycles. The highest BCUT2D eigenvalue weighted by atomic mass is 32.1. The van der Waals surface area contributed by atoms with Crippen molar-refractivity contribution in [1.29, 1.82) is 0 Å². The summed E-state index contributed by atoms with van der Waals surface area (Å²) in [6.07, 6.45) is 1.70. The van der Waals surface area contributed by atoms with Gasteiger partial charge in [0.05, 0.1) is 6.04 Å². The molecule has 1 atom stereocenters. The van der Waals surface area contributed by atoms with Crippen LogP contribution in [-0.2, 0) is 11.3 Å². The lowest BCUT2D eigenvalue weighted by Crippen LogP contribution is -2.41. The number of likely N-dealkylation sites (N-methyl/N-ethyl adjacent to an activating group) is 1. The molecule has 4 heteroatoms. The van der Waals surface area contributed by atoms with Crippen molar-refractivity contribution in [3.05, 3.63) is 22.4 Å². The molecule has 3 nitrogen and oxygen atoms in total. The summed E-state index contributed by atoms with van der Waals surface area (Å²) in [7, 11) is 1.80. The predicted octanol–water partition coefficient (Wildman–Crippen LogP) is 1.83. The minimum Gasteiger partial charge on any atom is -0.340 e. The molecular formula is C11H18N2OS. The number of hydrogen-bond donors (Lipinski definition) is 1. The van der Waals surface area contributed by atoms with Gasteiger partial charge in [-0.15, -0.1) is 0 Å². The molecule has 15 heavy (non-hydrogen) atoms. The Balaban J connectivity index is 2.46. The summed E-state index contributed by atoms with van der Waals surface area (Å²) in [5.74, 6) is 0.0306. The van der Waals surface area contributed by atoms with Crippen molar-refractivity contribution < 1.29 is 4.79 Å². The molecule has 0 aliphatic heterocycles. The van der Waals surface area contributed by atoms with E-state index in [1.54, 1.807) is 23.3 Å². The van der Waals surface area contributed by atoms with E-state index in [4.69, 9.17) is 5.73 Å². The summed E-state index contributed by atoms with van der Waals surface area (Å²) >= 11 is 1.64. The largest absolute Gasteiger partial charge is 0.340 e. The zero-order chi connectivity index (χ0) is 11.3. The predicted molar refractivity (Wildman–Crippen MR) is 63.7 cm³/mol. The molecule has 0 saturated heterocycles. The Hall–Kier alpha value is -0.870. The SMILES string of the molecule is CCCC(N)C(=O)N(C)Cc1ccsc1. The van der Waals surface area contributed by atoms with Crippen LogP contribution < -0.4 is 5.73 Å². The summed E-state index contributed by atoms with van der Waals surface area (Å²) < 4.78 is 0. The number of amides is 1. The van der Waals surface area contributed by atoms with Gasteiger partial charge in [-0.2, -0.15) is 11.3 Å². The first-order valence-corrected chi connectivity index (χ1v) is 6.11. The molecule has 0 aliphatic rings. The van der Waals surface area contributed by atoms with Crippen LogP contribution in [0.1, 0.15) is 25.3 Å². The van der Waals surface area contributed by atoms with E-state index in [1.165, 1.54) is 5.56 Å². The summed E-state index contributed by atoms with van der Waals surface area (Å²) in [4.78, 5) is 13.5. The van der Waals surface area contributed by atoms with E-state index < -0.39 is 0 Å². The van der Waals surface area contributed by atoms with Crippen LogP contribution in [0.4, 0.5) is 0 Å². The van der Waals surface area contributed by atoms with Crippen molar-refractivity contribution in [2.24, 2.45) is 5.73 Å². The Morgan fingerprint density at radius 2 is 2.40 bits per heavy atom. The second-order valence-electron chi connectivity index (χ2n) is 3.72. The number of thiophene rings is 1. The van der Waals surface area contributed by atoms with Crippen LogP contribution in [-0.4, -0.2) is 23.9 Å². The van der Waals surface area contributed by atoms with Gasteiger partial charge in [-0.1, -0.05) is 13.3 Å². The van der Waals surface area contributed by atoms with Crippen LogP contribution in [0.5, 0.6) is 0 Å². The van der Waals surface area contributed by atoms with E-state index in [0.717, 1.165) is 12.8 Å². The lowest BCUT2D eigenvalue weighted by molar-refractivity contribution is -0.131. The molecule has 0 aromatic carbocycles. The Morgan fingerprint density at radius 3 is 2.93 bits per heavy atom. The number of carbonyl (C=O) groups is 1. The lowest BCUT2D eigenvalue weighted by atomic mass is 10.1. The lowest BCUT2D eigenvalue weighted by Gasteiger charge is -2.20. The van der Waals surface area contributed by atoms with Gasteiger partial charge in [-0.25, -0.2) is 0 Å². The minimum absolute atomic E-state index is 0.0306. The van der Waals surface area contributed by atoms with Crippen LogP contribution in [0.3, 0.4) is 0 Å². The molecule has 0 radical (unpaired) electrons. The van der Waals surface area contributed by atoms with E-state index in [9.17, 15) is 4.79 Å². The van der Waals surface area contributed by atoms with Crippen LogP contribution >= 0.6 is 11.3 Å². The quantitative estimate of drug-likeness (QED) is 0.832. The van der Waals surface area contributed by atoms with Gasteiger partial charge in [0.15, 0.2) is 0 Å². The van der Waals surface area contributed by atoms with Gasteiger partial charge in [-0.05, 0) is 28.8 Å². The van der Waals surface area contributed by atoms with Crippen molar-refractivity contribution in [2.45, 2.75) is 32.4 Å². The monoisotopic (exact) mass is 226 g/mol. The summed E-state index contributed by atoms with van der Waals surface area (Å²) in [6, 6.07) is 1.68. The molecule has 0 saturated carbocycles. The Labute approximate surface area is 94.9 Å². The third kappa shape index (κ3) is 3.64. The van der Waals surface area contributed by atoms with Gasteiger partial charge < -0.3 is 10.6 Å². The smallest absolute Gasteiger partial charge is 0.239 e. The van der Waals surface area contributed by atoms with Crippen LogP contribution in [0.15, 0.2) is 16.8 Å². The zero-order valence-electron chi connectivity index (χ0n) is 9.27. The highest BCUT2D eigenvalue weighted by Crippen LogP contribution is 2.09. The molecule has 1 unspecified atom stereocenters. The molecular weight excluding hydrogens is 208 g/mol. The number of rotatable bonds is 5. The number of carbonyl (C=O) groups excluding carboxylic acids is 1. The van der Waals surface area contributed by atoms with Gasteiger partial charge in [0.2, 0.25) is 5.91 Å². The van der Waals surface area contributed by atoms with Crippen molar-refractivity contribution in [3.8, 4) is 0 Å². The van der Waals surface area contributed by atoms with Crippen molar-refractivity contribution in [2.75, 3.05) is 7.05 Å². The van der Waals surface area contributed by atoms with E-state index in [2.05, 4.69) is 5.38 Å². The molecule has 1 amide bonds. The Morgan fingerprint density at radius 1 is 1.67 bits per heavy atom. The van der Waals surface area contributed by atoms with Crippen molar-refractivity contribution >= 4 is 17.2 Å². The van der Waals surface area contributed by atoms with Gasteiger partial charge in [0.25, 0.3) is 0 Å². The summed E-state index contributed by atoms with van der Waals surface area (Å²) in [5.41, 5.74) is 6.94. The normalized spacial score (nSPS) is 12.5. The first kappa shape index (κ1) is 12.2. The molecule has 1 heterocycles. The third-order valence-electron chi connectivity index (χ3n) is 2.29. The second-order valence-corrected chi connectivity index (χ2v) is 4.50. The molecule has 2 N–H and O–H groups in total. The first-order valence-electron chi connectivity index (χ1n) is 5.16. The van der Waals surface area contributed by atoms with Crippen LogP contribution in [0.2, 0.25) is 0 Å². The zero-order valence-corrected chi connectivity index (χ0v) is 10.1. The molecule has 84 valence electrons. The average molecular weight is 226 g/mol. The maximum Gasteiger partial charge on any atom is 0.239 e. The van der Waals surface area contributed by atoms with Gasteiger partial charge in [-0.3, -0.25) is 4.79 Å². The summed E-state index contributed by atoms with van der Waals surface area (Å²) in [5, 5.41) is 4.06. The first-order chi connectivity index (χ1) is 7.15. The molecule has 0 aliphatic carbocycles. The fourth-order valence-corrected chi connectivity index (χ4v) is 2.11. The van der Waals surface area contributed by atoms with E-state index in [0.29, 0.717) is 6.54 Å². The fourth-order valence-electron chi connectivity index (χ4n) is 1.45. The van der Waals surface area contributed by atoms with Crippen molar-refractivity contribution in [1.82, 2.24) is 4.90 Å². The van der Waals surface area contributed by atoms with Gasteiger partial charge in [0.1, 0.15) is 0 Å². The minimum atomic E-state index is -0.348. The summed E-state index contributed by atoms with van der Waals surface area (Å²) in [6.45, 7) is 2.69. The van der Waals surface area contributed by atoms with E-state index in [-0.39, 0.29) is 11.9 Å². The Bertz CT molecular complexity index is 298. The van der Waals surface area contributed by atoms with Crippen LogP contribution in [0, 0.1) is 0 Å². The fraction of sp³-hybridized carbons (Fsp3) is 0.545. The van der Waals surface area contributed by atoms with E-state index in [1.807, 2.05) is 18.4 Å². The average Bonchev–Trinajstić information content (AvgIpc) is 2.69. The standard InChI is InChI=1S/C11H18N2OS/c1-3-4-10(12)11(14)13(2)7-9-5-6-15-8-9/h5-6,8,10H,3-4,7,12H2,1-2H3. The van der Waals surface area contributed by atoms with Crippen molar-refractivity contribution in [3.63, 3.8) is 0 Å². The highest BCUT2D eigenvalue weighted by molar-refractivity contribution is 7.07. The van der Waals surface area contributed by atoms with Crippen LogP contribution in [0.25, 0.3) is 0 Å². The Kier molecular flexibility index (Phi) is 4.78. The molecule has 1 aromatic rings. The van der Waals surface area contributed by atoms with Gasteiger partial charge >= 0.3 is 0 Å². The maximum absolute atomic E-state index is 11.8. The number of nitrogens with zero attached hydrogens (tertiary/aromatic N) is 1. The molecule has 0 fully saturated rings. The molecule has 1 rings (SSSR count). The second kappa shape index (κ2) is 5.88. The molecule has 0 bridgehead atoms. The maximum atomic E-state index is 11.8. The number of nitrogens with two attached hydrogens (primary N) is 1. The van der Waals surface area contributed by atoms with Gasteiger partial charge in [0, 0.05) is 13.6 Å². The molecule has 0 spiro atoms. The topological polar surface area (TPSA) is 46.3 Å². The third-order valence-corrected chi connectivity index (χ3v) is 3.02. The number of hydrogen-bond acceptors (Lipinski definition) is 3.